The Balaban J connectivity index is 1.98. The summed E-state index contributed by atoms with van der Waals surface area (Å²) in [7, 11) is 0. The van der Waals surface area contributed by atoms with Crippen LogP contribution >= 0.6 is 11.6 Å². The van der Waals surface area contributed by atoms with Crippen LogP contribution in [0.15, 0.2) is 30.5 Å². The van der Waals surface area contributed by atoms with Gasteiger partial charge in [0.25, 0.3) is 0 Å². The number of carbonyl (C=O) groups is 2. The van der Waals surface area contributed by atoms with Crippen molar-refractivity contribution in [2.75, 3.05) is 30.3 Å². The van der Waals surface area contributed by atoms with Crippen LogP contribution in [0.25, 0.3) is 0 Å². The van der Waals surface area contributed by atoms with Gasteiger partial charge in [-0.2, -0.15) is 0 Å². The van der Waals surface area contributed by atoms with Crippen molar-refractivity contribution in [2.45, 2.75) is 13.3 Å². The van der Waals surface area contributed by atoms with Gasteiger partial charge in [-0.25, -0.2) is 18.2 Å². The lowest BCUT2D eigenvalue weighted by atomic mass is 10.2. The van der Waals surface area contributed by atoms with E-state index in [0.29, 0.717) is 24.7 Å². The molecule has 0 aliphatic carbocycles. The maximum Gasteiger partial charge on any atom is 0.238 e. The summed E-state index contributed by atoms with van der Waals surface area (Å²) >= 11 is 5.88. The molecule has 150 valence electrons. The van der Waals surface area contributed by atoms with Gasteiger partial charge >= 0.3 is 0 Å². The van der Waals surface area contributed by atoms with E-state index in [1.54, 1.807) is 12.1 Å². The number of hydrogen-bond acceptors (Lipinski definition) is 4. The van der Waals surface area contributed by atoms with Crippen LogP contribution in [-0.4, -0.2) is 41.3 Å². The van der Waals surface area contributed by atoms with Crippen molar-refractivity contribution in [1.82, 2.24) is 9.88 Å². The fourth-order valence-electron chi connectivity index (χ4n) is 2.42. The number of nitrogens with zero attached hydrogens (tertiary/aromatic N) is 2. The predicted molar refractivity (Wildman–Crippen MR) is 99.6 cm³/mol. The van der Waals surface area contributed by atoms with E-state index in [0.717, 1.165) is 6.07 Å². The molecule has 2 rings (SSSR count). The lowest BCUT2D eigenvalue weighted by Gasteiger charge is -2.20. The van der Waals surface area contributed by atoms with E-state index in [4.69, 9.17) is 11.6 Å². The van der Waals surface area contributed by atoms with Gasteiger partial charge < -0.3 is 10.6 Å². The minimum absolute atomic E-state index is 0.129. The fraction of sp³-hybridized carbons (Fsp3) is 0.278. The number of nitrogens with one attached hydrogen (secondary N) is 2. The van der Waals surface area contributed by atoms with Crippen LogP contribution in [0.5, 0.6) is 0 Å². The molecule has 1 aromatic carbocycles. The van der Waals surface area contributed by atoms with E-state index in [9.17, 15) is 22.8 Å². The maximum absolute atomic E-state index is 13.7. The number of hydrogen-bond donors (Lipinski definition) is 2. The Morgan fingerprint density at radius 3 is 2.29 bits per heavy atom. The van der Waals surface area contributed by atoms with Crippen molar-refractivity contribution >= 4 is 34.8 Å². The molecule has 0 bridgehead atoms. The number of benzene rings is 1. The lowest BCUT2D eigenvalue weighted by Crippen LogP contribution is -2.39. The summed E-state index contributed by atoms with van der Waals surface area (Å²) in [4.78, 5) is 29.7. The molecule has 2 N–H and O–H groups in total. The molecule has 0 saturated heterocycles. The van der Waals surface area contributed by atoms with Crippen LogP contribution in [0, 0.1) is 17.5 Å². The van der Waals surface area contributed by atoms with Crippen LogP contribution in [-0.2, 0) is 9.59 Å². The topological polar surface area (TPSA) is 74.3 Å². The highest BCUT2D eigenvalue weighted by molar-refractivity contribution is 6.32. The molecule has 28 heavy (non-hydrogen) atoms. The molecule has 0 aliphatic heterocycles. The first-order chi connectivity index (χ1) is 13.3. The second-order valence-corrected chi connectivity index (χ2v) is 6.23. The Labute approximate surface area is 164 Å². The Hall–Kier alpha value is -2.65. The van der Waals surface area contributed by atoms with Crippen molar-refractivity contribution in [1.29, 1.82) is 0 Å². The first-order valence-corrected chi connectivity index (χ1v) is 8.75. The summed E-state index contributed by atoms with van der Waals surface area (Å²) in [5.74, 6) is -5.61. The number of aromatic nitrogens is 1. The number of pyridine rings is 1. The molecule has 0 unspecified atom stereocenters. The molecule has 2 amide bonds. The zero-order valence-electron chi connectivity index (χ0n) is 14.9. The van der Waals surface area contributed by atoms with Gasteiger partial charge in [0.15, 0.2) is 22.6 Å². The number of amides is 2. The summed E-state index contributed by atoms with van der Waals surface area (Å²) in [5.41, 5.74) is -0.147. The Kier molecular flexibility index (Phi) is 7.77. The maximum atomic E-state index is 13.7. The molecule has 0 aliphatic rings. The average molecular weight is 415 g/mol. The molecule has 0 spiro atoms. The second kappa shape index (κ2) is 10.0. The van der Waals surface area contributed by atoms with E-state index in [1.807, 2.05) is 6.92 Å². The minimum atomic E-state index is -1.67. The fourth-order valence-corrected chi connectivity index (χ4v) is 2.58. The normalized spacial score (nSPS) is 10.8. The van der Waals surface area contributed by atoms with Gasteiger partial charge in [0.2, 0.25) is 11.8 Å². The molecule has 2 aromatic rings. The monoisotopic (exact) mass is 414 g/mol. The van der Waals surface area contributed by atoms with Gasteiger partial charge in [0.05, 0.1) is 24.5 Å². The summed E-state index contributed by atoms with van der Waals surface area (Å²) in [6.45, 7) is 1.88. The van der Waals surface area contributed by atoms with Gasteiger partial charge in [-0.05, 0) is 37.2 Å². The van der Waals surface area contributed by atoms with E-state index in [2.05, 4.69) is 15.6 Å². The summed E-state index contributed by atoms with van der Waals surface area (Å²) in [5, 5.41) is 4.89. The summed E-state index contributed by atoms with van der Waals surface area (Å²) in [6, 6.07) is 4.82. The number of anilines is 2. The first-order valence-electron chi connectivity index (χ1n) is 8.37. The van der Waals surface area contributed by atoms with Crippen molar-refractivity contribution in [3.63, 3.8) is 0 Å². The van der Waals surface area contributed by atoms with Gasteiger partial charge in [-0.3, -0.25) is 14.5 Å². The zero-order chi connectivity index (χ0) is 20.7. The predicted octanol–water partition coefficient (Wildman–Crippen LogP) is 3.44. The van der Waals surface area contributed by atoms with Crippen LogP contribution < -0.4 is 10.6 Å². The van der Waals surface area contributed by atoms with Crippen molar-refractivity contribution in [3.8, 4) is 0 Å². The minimum Gasteiger partial charge on any atom is -0.322 e. The van der Waals surface area contributed by atoms with E-state index in [1.165, 1.54) is 11.1 Å². The SMILES string of the molecule is CCCN(CC(=O)Nc1cccnc1Cl)CC(=O)Nc1ccc(F)c(F)c1F. The smallest absolute Gasteiger partial charge is 0.238 e. The molecular weight excluding hydrogens is 397 g/mol. The third kappa shape index (κ3) is 5.93. The van der Waals surface area contributed by atoms with Crippen LogP contribution in [0.4, 0.5) is 24.5 Å². The number of rotatable bonds is 8. The molecule has 6 nitrogen and oxygen atoms in total. The van der Waals surface area contributed by atoms with Crippen molar-refractivity contribution in [2.24, 2.45) is 0 Å². The lowest BCUT2D eigenvalue weighted by molar-refractivity contribution is -0.120. The number of carbonyl (C=O) groups excluding carboxylic acids is 2. The van der Waals surface area contributed by atoms with Crippen LogP contribution in [0.2, 0.25) is 5.15 Å². The van der Waals surface area contributed by atoms with Gasteiger partial charge in [0, 0.05) is 6.20 Å². The standard InChI is InChI=1S/C18H18ClF3N4O2/c1-2-8-26(10-15(28)25-13-4-3-7-23-18(13)19)9-14(27)24-12-6-5-11(20)16(21)17(12)22/h3-7H,2,8-10H2,1H3,(H,24,27)(H,25,28). The second-order valence-electron chi connectivity index (χ2n) is 5.87. The average Bonchev–Trinajstić information content (AvgIpc) is 2.64. The van der Waals surface area contributed by atoms with Crippen LogP contribution in [0.3, 0.4) is 0 Å². The third-order valence-electron chi connectivity index (χ3n) is 3.62. The first kappa shape index (κ1) is 21.6. The Bertz CT molecular complexity index is 867. The van der Waals surface area contributed by atoms with Crippen molar-refractivity contribution in [3.05, 3.63) is 53.1 Å². The highest BCUT2D eigenvalue weighted by atomic mass is 35.5. The molecule has 0 atom stereocenters. The summed E-state index contributed by atoms with van der Waals surface area (Å²) < 4.78 is 39.9. The van der Waals surface area contributed by atoms with E-state index >= 15 is 0 Å². The molecule has 0 saturated carbocycles. The quantitative estimate of drug-likeness (QED) is 0.512. The Morgan fingerprint density at radius 2 is 1.68 bits per heavy atom. The molecular formula is C18H18ClF3N4O2. The third-order valence-corrected chi connectivity index (χ3v) is 3.92. The van der Waals surface area contributed by atoms with Gasteiger partial charge in [-0.1, -0.05) is 18.5 Å². The summed E-state index contributed by atoms with van der Waals surface area (Å²) in [6.07, 6.45) is 2.12. The number of halogens is 4. The highest BCUT2D eigenvalue weighted by Crippen LogP contribution is 2.20. The van der Waals surface area contributed by atoms with Gasteiger partial charge in [0.1, 0.15) is 0 Å². The highest BCUT2D eigenvalue weighted by Gasteiger charge is 2.18. The van der Waals surface area contributed by atoms with E-state index < -0.39 is 35.0 Å². The molecule has 0 fully saturated rings. The molecule has 10 heteroatoms. The molecule has 0 radical (unpaired) electrons. The largest absolute Gasteiger partial charge is 0.322 e. The Morgan fingerprint density at radius 1 is 1.04 bits per heavy atom. The van der Waals surface area contributed by atoms with E-state index in [-0.39, 0.29) is 18.2 Å². The van der Waals surface area contributed by atoms with Gasteiger partial charge in [-0.15, -0.1) is 0 Å². The van der Waals surface area contributed by atoms with Crippen LogP contribution in [0.1, 0.15) is 13.3 Å². The molecule has 1 heterocycles. The zero-order valence-corrected chi connectivity index (χ0v) is 15.7. The molecule has 1 aromatic heterocycles. The van der Waals surface area contributed by atoms with Crippen molar-refractivity contribution < 1.29 is 22.8 Å².